The third-order valence-corrected chi connectivity index (χ3v) is 4.84. The number of hydrogen-bond donors (Lipinski definition) is 1. The van der Waals surface area contributed by atoms with Gasteiger partial charge in [-0.3, -0.25) is 4.79 Å². The van der Waals surface area contributed by atoms with Crippen LogP contribution in [-0.4, -0.2) is 11.8 Å². The van der Waals surface area contributed by atoms with Crippen molar-refractivity contribution >= 4 is 17.5 Å². The lowest BCUT2D eigenvalue weighted by atomic mass is 9.91. The van der Waals surface area contributed by atoms with Crippen molar-refractivity contribution in [2.75, 3.05) is 5.88 Å². The zero-order valence-electron chi connectivity index (χ0n) is 12.2. The molecule has 2 rings (SSSR count). The molecule has 1 aromatic rings. The monoisotopic (exact) mass is 293 g/mol. The quantitative estimate of drug-likeness (QED) is 0.653. The van der Waals surface area contributed by atoms with Crippen LogP contribution < -0.4 is 5.32 Å². The number of rotatable bonds is 4. The minimum atomic E-state index is -0.480. The predicted octanol–water partition coefficient (Wildman–Crippen LogP) is 4.23. The van der Waals surface area contributed by atoms with Crippen LogP contribution in [0, 0.1) is 5.92 Å². The van der Waals surface area contributed by atoms with Crippen LogP contribution in [0.15, 0.2) is 30.3 Å². The number of amides is 1. The average Bonchev–Trinajstić information content (AvgIpc) is 2.77. The maximum atomic E-state index is 12.5. The van der Waals surface area contributed by atoms with Crippen LogP contribution in [0.3, 0.4) is 0 Å². The number of hydrogen-bond acceptors (Lipinski definition) is 1. The Morgan fingerprint density at radius 1 is 1.20 bits per heavy atom. The molecule has 0 spiro atoms. The maximum Gasteiger partial charge on any atom is 0.223 e. The molecule has 1 aliphatic carbocycles. The summed E-state index contributed by atoms with van der Waals surface area (Å²) in [5.41, 5.74) is 0.587. The van der Waals surface area contributed by atoms with E-state index in [-0.39, 0.29) is 11.8 Å². The summed E-state index contributed by atoms with van der Waals surface area (Å²) in [5, 5.41) is 3.19. The lowest BCUT2D eigenvalue weighted by Gasteiger charge is -2.31. The van der Waals surface area contributed by atoms with E-state index in [1.165, 1.54) is 25.7 Å². The first kappa shape index (κ1) is 15.4. The third-order valence-electron chi connectivity index (χ3n) is 4.30. The molecule has 1 aromatic carbocycles. The highest BCUT2D eigenvalue weighted by atomic mass is 35.5. The molecule has 0 bridgehead atoms. The van der Waals surface area contributed by atoms with Gasteiger partial charge in [-0.15, -0.1) is 11.6 Å². The molecule has 1 fully saturated rings. The van der Waals surface area contributed by atoms with Gasteiger partial charge in [0, 0.05) is 11.8 Å². The number of nitrogens with one attached hydrogen (secondary N) is 1. The fourth-order valence-corrected chi connectivity index (χ4v) is 3.13. The van der Waals surface area contributed by atoms with Gasteiger partial charge < -0.3 is 5.32 Å². The molecule has 3 heteroatoms. The molecule has 0 heterocycles. The smallest absolute Gasteiger partial charge is 0.223 e. The molecule has 0 aromatic heterocycles. The lowest BCUT2D eigenvalue weighted by molar-refractivity contribution is -0.127. The SMILES string of the molecule is CC(CCl)(NC(=O)C1CCCCCC1)c1ccccc1. The highest BCUT2D eigenvalue weighted by molar-refractivity contribution is 6.18. The van der Waals surface area contributed by atoms with Crippen molar-refractivity contribution < 1.29 is 4.79 Å². The fourth-order valence-electron chi connectivity index (χ4n) is 2.90. The van der Waals surface area contributed by atoms with E-state index in [1.807, 2.05) is 37.3 Å². The van der Waals surface area contributed by atoms with E-state index in [0.717, 1.165) is 18.4 Å². The van der Waals surface area contributed by atoms with E-state index in [4.69, 9.17) is 11.6 Å². The molecular weight excluding hydrogens is 270 g/mol. The van der Waals surface area contributed by atoms with Gasteiger partial charge in [0.05, 0.1) is 5.54 Å². The van der Waals surface area contributed by atoms with Crippen LogP contribution in [0.4, 0.5) is 0 Å². The van der Waals surface area contributed by atoms with Crippen LogP contribution in [0.1, 0.15) is 51.0 Å². The van der Waals surface area contributed by atoms with Crippen LogP contribution in [0.2, 0.25) is 0 Å². The van der Waals surface area contributed by atoms with Gasteiger partial charge in [0.15, 0.2) is 0 Å². The van der Waals surface area contributed by atoms with Gasteiger partial charge >= 0.3 is 0 Å². The normalized spacial score (nSPS) is 19.9. The van der Waals surface area contributed by atoms with Crippen LogP contribution in [0.25, 0.3) is 0 Å². The predicted molar refractivity (Wildman–Crippen MR) is 83.8 cm³/mol. The third kappa shape index (κ3) is 3.76. The topological polar surface area (TPSA) is 29.1 Å². The lowest BCUT2D eigenvalue weighted by Crippen LogP contribution is -2.47. The highest BCUT2D eigenvalue weighted by Crippen LogP contribution is 2.27. The Bertz CT molecular complexity index is 426. The first-order chi connectivity index (χ1) is 9.65. The van der Waals surface area contributed by atoms with Crippen LogP contribution in [0.5, 0.6) is 0 Å². The molecule has 2 nitrogen and oxygen atoms in total. The Kier molecular flexibility index (Phi) is 5.47. The standard InChI is InChI=1S/C17H24ClNO/c1-17(13-18,15-11-7-4-8-12-15)19-16(20)14-9-5-2-3-6-10-14/h4,7-8,11-12,14H,2-3,5-6,9-10,13H2,1H3,(H,19,20). The first-order valence-corrected chi connectivity index (χ1v) is 8.13. The summed E-state index contributed by atoms with van der Waals surface area (Å²) in [6.07, 6.45) is 6.88. The zero-order chi connectivity index (χ0) is 14.4. The molecule has 1 unspecified atom stereocenters. The molecule has 0 radical (unpaired) electrons. The molecule has 1 N–H and O–H groups in total. The van der Waals surface area contributed by atoms with E-state index in [1.54, 1.807) is 0 Å². The molecule has 1 aliphatic rings. The van der Waals surface area contributed by atoms with Crippen LogP contribution >= 0.6 is 11.6 Å². The van der Waals surface area contributed by atoms with Gasteiger partial charge in [-0.05, 0) is 25.3 Å². The van der Waals surface area contributed by atoms with Crippen molar-refractivity contribution in [2.24, 2.45) is 5.92 Å². The summed E-state index contributed by atoms with van der Waals surface area (Å²) in [7, 11) is 0. The number of carbonyl (C=O) groups is 1. The van der Waals surface area contributed by atoms with Gasteiger partial charge in [-0.25, -0.2) is 0 Å². The van der Waals surface area contributed by atoms with E-state index >= 15 is 0 Å². The summed E-state index contributed by atoms with van der Waals surface area (Å²) in [6, 6.07) is 9.99. The Balaban J connectivity index is 2.07. The summed E-state index contributed by atoms with van der Waals surface area (Å²) in [5.74, 6) is 0.706. The fraction of sp³-hybridized carbons (Fsp3) is 0.588. The Hall–Kier alpha value is -1.02. The first-order valence-electron chi connectivity index (χ1n) is 7.59. The molecule has 110 valence electrons. The summed E-state index contributed by atoms with van der Waals surface area (Å²) in [4.78, 5) is 12.5. The average molecular weight is 294 g/mol. The van der Waals surface area contributed by atoms with Gasteiger partial charge in [0.25, 0.3) is 0 Å². The minimum absolute atomic E-state index is 0.156. The second-order valence-corrected chi connectivity index (χ2v) is 6.28. The zero-order valence-corrected chi connectivity index (χ0v) is 13.0. The van der Waals surface area contributed by atoms with Crippen molar-refractivity contribution in [3.8, 4) is 0 Å². The number of benzene rings is 1. The van der Waals surface area contributed by atoms with Crippen molar-refractivity contribution in [1.29, 1.82) is 0 Å². The summed E-state index contributed by atoms with van der Waals surface area (Å²) < 4.78 is 0. The molecule has 1 saturated carbocycles. The largest absolute Gasteiger partial charge is 0.345 e. The van der Waals surface area contributed by atoms with Crippen molar-refractivity contribution in [3.63, 3.8) is 0 Å². The van der Waals surface area contributed by atoms with E-state index in [0.29, 0.717) is 5.88 Å². The number of alkyl halides is 1. The Labute approximate surface area is 126 Å². The molecule has 1 atom stereocenters. The highest BCUT2D eigenvalue weighted by Gasteiger charge is 2.30. The molecule has 0 saturated heterocycles. The van der Waals surface area contributed by atoms with Crippen molar-refractivity contribution in [2.45, 2.75) is 51.0 Å². The second kappa shape index (κ2) is 7.12. The van der Waals surface area contributed by atoms with Gasteiger partial charge in [0.1, 0.15) is 0 Å². The molecule has 0 aliphatic heterocycles. The number of halogens is 1. The van der Waals surface area contributed by atoms with Crippen molar-refractivity contribution in [1.82, 2.24) is 5.32 Å². The Morgan fingerprint density at radius 3 is 2.35 bits per heavy atom. The molecule has 20 heavy (non-hydrogen) atoms. The summed E-state index contributed by atoms with van der Waals surface area (Å²) >= 11 is 6.14. The maximum absolute atomic E-state index is 12.5. The molecular formula is C17H24ClNO. The number of carbonyl (C=O) groups excluding carboxylic acids is 1. The van der Waals surface area contributed by atoms with Crippen LogP contribution in [-0.2, 0) is 10.3 Å². The van der Waals surface area contributed by atoms with Gasteiger partial charge in [0.2, 0.25) is 5.91 Å². The van der Waals surface area contributed by atoms with E-state index in [2.05, 4.69) is 5.32 Å². The minimum Gasteiger partial charge on any atom is -0.345 e. The van der Waals surface area contributed by atoms with E-state index < -0.39 is 5.54 Å². The molecule has 1 amide bonds. The van der Waals surface area contributed by atoms with Gasteiger partial charge in [-0.2, -0.15) is 0 Å². The van der Waals surface area contributed by atoms with E-state index in [9.17, 15) is 4.79 Å². The van der Waals surface area contributed by atoms with Crippen molar-refractivity contribution in [3.05, 3.63) is 35.9 Å². The summed E-state index contributed by atoms with van der Waals surface area (Å²) in [6.45, 7) is 2.00. The van der Waals surface area contributed by atoms with Gasteiger partial charge in [-0.1, -0.05) is 56.0 Å². The Morgan fingerprint density at radius 2 is 1.80 bits per heavy atom. The second-order valence-electron chi connectivity index (χ2n) is 6.01.